The lowest BCUT2D eigenvalue weighted by molar-refractivity contribution is -0.0171. The van der Waals surface area contributed by atoms with Gasteiger partial charge in [-0.3, -0.25) is 0 Å². The fourth-order valence-corrected chi connectivity index (χ4v) is 1.88. The van der Waals surface area contributed by atoms with Gasteiger partial charge < -0.3 is 9.84 Å². The van der Waals surface area contributed by atoms with E-state index < -0.39 is 11.4 Å². The van der Waals surface area contributed by atoms with E-state index in [9.17, 15) is 9.50 Å². The van der Waals surface area contributed by atoms with E-state index in [2.05, 4.69) is 0 Å². The lowest BCUT2D eigenvalue weighted by Crippen LogP contribution is -2.32. The molecule has 0 heterocycles. The Morgan fingerprint density at radius 2 is 2.06 bits per heavy atom. The maximum Gasteiger partial charge on any atom is 0.132 e. The zero-order valence-corrected chi connectivity index (χ0v) is 10.2. The lowest BCUT2D eigenvalue weighted by atomic mass is 9.81. The average molecular weight is 226 g/mol. The molecule has 0 aliphatic heterocycles. The van der Waals surface area contributed by atoms with Crippen LogP contribution >= 0.6 is 0 Å². The van der Waals surface area contributed by atoms with Crippen LogP contribution in [-0.4, -0.2) is 12.2 Å². The van der Waals surface area contributed by atoms with Crippen LogP contribution in [0.5, 0.6) is 5.75 Å². The van der Waals surface area contributed by atoms with Crippen molar-refractivity contribution in [3.05, 3.63) is 29.6 Å². The van der Waals surface area contributed by atoms with E-state index in [0.717, 1.165) is 0 Å². The van der Waals surface area contributed by atoms with Gasteiger partial charge in [0, 0.05) is 11.6 Å². The summed E-state index contributed by atoms with van der Waals surface area (Å²) >= 11 is 0. The predicted octanol–water partition coefficient (Wildman–Crippen LogP) is 3.09. The number of benzene rings is 1. The Morgan fingerprint density at radius 3 is 2.44 bits per heavy atom. The van der Waals surface area contributed by atoms with Crippen molar-refractivity contribution >= 4 is 0 Å². The maximum absolute atomic E-state index is 13.8. The van der Waals surface area contributed by atoms with Gasteiger partial charge in [-0.15, -0.1) is 0 Å². The number of rotatable bonds is 4. The predicted molar refractivity (Wildman–Crippen MR) is 62.0 cm³/mol. The summed E-state index contributed by atoms with van der Waals surface area (Å²) in [5, 5.41) is 10.4. The minimum atomic E-state index is -1.11. The van der Waals surface area contributed by atoms with Crippen LogP contribution in [0, 0.1) is 11.7 Å². The van der Waals surface area contributed by atoms with Gasteiger partial charge in [0.25, 0.3) is 0 Å². The Hall–Kier alpha value is -1.09. The van der Waals surface area contributed by atoms with Crippen molar-refractivity contribution in [3.63, 3.8) is 0 Å². The van der Waals surface area contributed by atoms with Crippen LogP contribution < -0.4 is 4.74 Å². The van der Waals surface area contributed by atoms with Gasteiger partial charge in [0.05, 0.1) is 12.7 Å². The second-order valence-corrected chi connectivity index (χ2v) is 4.28. The summed E-state index contributed by atoms with van der Waals surface area (Å²) < 4.78 is 18.8. The quantitative estimate of drug-likeness (QED) is 0.854. The molecule has 0 bridgehead atoms. The molecule has 1 atom stereocenters. The third-order valence-electron chi connectivity index (χ3n) is 3.14. The summed E-state index contributed by atoms with van der Waals surface area (Å²) in [6.07, 6.45) is 0.480. The molecule has 0 aromatic heterocycles. The normalized spacial score (nSPS) is 14.9. The molecule has 0 saturated heterocycles. The third-order valence-corrected chi connectivity index (χ3v) is 3.14. The van der Waals surface area contributed by atoms with Crippen molar-refractivity contribution in [2.75, 3.05) is 7.11 Å². The van der Waals surface area contributed by atoms with E-state index in [4.69, 9.17) is 4.74 Å². The van der Waals surface area contributed by atoms with Crippen molar-refractivity contribution in [2.24, 2.45) is 5.92 Å². The average Bonchev–Trinajstić information content (AvgIpc) is 2.27. The van der Waals surface area contributed by atoms with Crippen molar-refractivity contribution < 1.29 is 14.2 Å². The zero-order valence-electron chi connectivity index (χ0n) is 10.2. The number of hydrogen-bond acceptors (Lipinski definition) is 2. The first-order chi connectivity index (χ1) is 7.45. The largest absolute Gasteiger partial charge is 0.497 e. The van der Waals surface area contributed by atoms with Crippen molar-refractivity contribution in [2.45, 2.75) is 32.8 Å². The molecule has 90 valence electrons. The van der Waals surface area contributed by atoms with E-state index in [1.54, 1.807) is 12.1 Å². The van der Waals surface area contributed by atoms with Crippen molar-refractivity contribution in [1.82, 2.24) is 0 Å². The van der Waals surface area contributed by atoms with Gasteiger partial charge in [-0.05, 0) is 24.5 Å². The summed E-state index contributed by atoms with van der Waals surface area (Å²) in [5.74, 6) is 0.00116. The molecule has 0 saturated carbocycles. The fourth-order valence-electron chi connectivity index (χ4n) is 1.88. The molecule has 0 fully saturated rings. The van der Waals surface area contributed by atoms with Crippen LogP contribution in [0.1, 0.15) is 32.8 Å². The second-order valence-electron chi connectivity index (χ2n) is 4.28. The van der Waals surface area contributed by atoms with Crippen molar-refractivity contribution in [1.29, 1.82) is 0 Å². The molecular weight excluding hydrogens is 207 g/mol. The Balaban J connectivity index is 3.21. The molecule has 1 N–H and O–H groups in total. The Morgan fingerprint density at radius 1 is 1.44 bits per heavy atom. The highest BCUT2D eigenvalue weighted by Gasteiger charge is 2.33. The summed E-state index contributed by atoms with van der Waals surface area (Å²) in [5.41, 5.74) is -0.776. The first kappa shape index (κ1) is 13.0. The van der Waals surface area contributed by atoms with Gasteiger partial charge in [-0.2, -0.15) is 0 Å². The Labute approximate surface area is 96.1 Å². The van der Waals surface area contributed by atoms with Crippen LogP contribution in [0.4, 0.5) is 4.39 Å². The van der Waals surface area contributed by atoms with E-state index in [1.165, 1.54) is 13.2 Å². The molecular formula is C13H19FO2. The standard InChI is InChI=1S/C13H19FO2/c1-5-13(15,9(2)3)11-7-6-10(16-4)8-12(11)14/h6-9,15H,5H2,1-4H3. The molecule has 3 heteroatoms. The molecule has 2 nitrogen and oxygen atoms in total. The lowest BCUT2D eigenvalue weighted by Gasteiger charge is -2.32. The number of hydrogen-bond donors (Lipinski definition) is 1. The van der Waals surface area contributed by atoms with Crippen molar-refractivity contribution in [3.8, 4) is 5.75 Å². The topological polar surface area (TPSA) is 29.5 Å². The highest BCUT2D eigenvalue weighted by atomic mass is 19.1. The molecule has 0 aliphatic rings. The summed E-state index contributed by atoms with van der Waals surface area (Å²) in [4.78, 5) is 0. The number of halogens is 1. The molecule has 0 amide bonds. The number of ether oxygens (including phenoxy) is 1. The number of aliphatic hydroxyl groups is 1. The van der Waals surface area contributed by atoms with E-state index in [0.29, 0.717) is 17.7 Å². The third kappa shape index (κ3) is 2.19. The Bertz CT molecular complexity index is 363. The van der Waals surface area contributed by atoms with Gasteiger partial charge in [-0.1, -0.05) is 20.8 Å². The van der Waals surface area contributed by atoms with Crippen LogP contribution in [0.15, 0.2) is 18.2 Å². The zero-order chi connectivity index (χ0) is 12.3. The fraction of sp³-hybridized carbons (Fsp3) is 0.538. The highest BCUT2D eigenvalue weighted by Crippen LogP contribution is 2.35. The molecule has 0 aliphatic carbocycles. The molecule has 0 radical (unpaired) electrons. The number of methoxy groups -OCH3 is 1. The van der Waals surface area contributed by atoms with E-state index in [1.807, 2.05) is 20.8 Å². The first-order valence-electron chi connectivity index (χ1n) is 5.52. The molecule has 1 unspecified atom stereocenters. The van der Waals surface area contributed by atoms with Gasteiger partial charge in [0.1, 0.15) is 11.6 Å². The van der Waals surface area contributed by atoms with Crippen LogP contribution in [0.25, 0.3) is 0 Å². The van der Waals surface area contributed by atoms with Gasteiger partial charge in [0.15, 0.2) is 0 Å². The maximum atomic E-state index is 13.8. The van der Waals surface area contributed by atoms with Crippen LogP contribution in [0.3, 0.4) is 0 Å². The minimum Gasteiger partial charge on any atom is -0.497 e. The van der Waals surface area contributed by atoms with Gasteiger partial charge >= 0.3 is 0 Å². The summed E-state index contributed by atoms with van der Waals surface area (Å²) in [7, 11) is 1.49. The molecule has 16 heavy (non-hydrogen) atoms. The van der Waals surface area contributed by atoms with Gasteiger partial charge in [-0.25, -0.2) is 4.39 Å². The summed E-state index contributed by atoms with van der Waals surface area (Å²) in [6.45, 7) is 5.62. The van der Waals surface area contributed by atoms with Gasteiger partial charge in [0.2, 0.25) is 0 Å². The molecule has 1 aromatic rings. The smallest absolute Gasteiger partial charge is 0.132 e. The Kier molecular flexibility index (Phi) is 3.92. The summed E-state index contributed by atoms with van der Waals surface area (Å²) in [6, 6.07) is 4.57. The van der Waals surface area contributed by atoms with Crippen LogP contribution in [-0.2, 0) is 5.60 Å². The molecule has 1 aromatic carbocycles. The SMILES string of the molecule is CCC(O)(c1ccc(OC)cc1F)C(C)C. The molecule has 0 spiro atoms. The molecule has 1 rings (SSSR count). The second kappa shape index (κ2) is 4.83. The van der Waals surface area contributed by atoms with E-state index >= 15 is 0 Å². The minimum absolute atomic E-state index is 0.0413. The monoisotopic (exact) mass is 226 g/mol. The van der Waals surface area contributed by atoms with E-state index in [-0.39, 0.29) is 5.92 Å². The first-order valence-corrected chi connectivity index (χ1v) is 5.52. The van der Waals surface area contributed by atoms with Crippen LogP contribution in [0.2, 0.25) is 0 Å². The highest BCUT2D eigenvalue weighted by molar-refractivity contribution is 5.32.